The molecule has 2 aliphatic heterocycles. The van der Waals surface area contributed by atoms with Crippen LogP contribution in [0.25, 0.3) is 11.3 Å². The molecule has 3 amide bonds. The lowest BCUT2D eigenvalue weighted by atomic mass is 10.0. The highest BCUT2D eigenvalue weighted by atomic mass is 16.2. The molecule has 11 heteroatoms. The largest absolute Gasteiger partial charge is 0.341 e. The van der Waals surface area contributed by atoms with Gasteiger partial charge in [0.15, 0.2) is 0 Å². The maximum Gasteiger partial charge on any atom is 0.331 e. The standard InChI is InChI=1S/C27H31N7O4/c1-2-13-34-25(36)21(23-8-5-12-28-30-23)17-32(27(34)38)18-24(35)31-14-10-20(11-15-31)33-16-9-19-6-3-4-7-22(19)29-26(33)37/h3-8,12,17,20H,2,9-11,13-16,18H2,1H3,(H,29,37). The normalized spacial score (nSPS) is 16.1. The molecule has 38 heavy (non-hydrogen) atoms. The minimum absolute atomic E-state index is 0.0331. The Balaban J connectivity index is 1.28. The number of nitrogens with one attached hydrogen (secondary N) is 1. The summed E-state index contributed by atoms with van der Waals surface area (Å²) >= 11 is 0. The zero-order valence-electron chi connectivity index (χ0n) is 21.4. The summed E-state index contributed by atoms with van der Waals surface area (Å²) in [7, 11) is 0. The summed E-state index contributed by atoms with van der Waals surface area (Å²) in [5, 5.41) is 10.9. The van der Waals surface area contributed by atoms with Crippen molar-refractivity contribution in [3.63, 3.8) is 0 Å². The van der Waals surface area contributed by atoms with E-state index in [0.29, 0.717) is 44.6 Å². The van der Waals surface area contributed by atoms with Crippen molar-refractivity contribution in [3.8, 4) is 11.3 Å². The van der Waals surface area contributed by atoms with E-state index in [4.69, 9.17) is 0 Å². The summed E-state index contributed by atoms with van der Waals surface area (Å²) in [5.41, 5.74) is 1.58. The van der Waals surface area contributed by atoms with Crippen molar-refractivity contribution in [2.75, 3.05) is 25.0 Å². The number of rotatable bonds is 6. The Hall–Kier alpha value is -4.28. The van der Waals surface area contributed by atoms with Crippen molar-refractivity contribution in [1.29, 1.82) is 0 Å². The van der Waals surface area contributed by atoms with Crippen molar-refractivity contribution in [2.24, 2.45) is 0 Å². The second kappa shape index (κ2) is 11.0. The Morgan fingerprint density at radius 3 is 2.58 bits per heavy atom. The molecule has 1 fully saturated rings. The molecule has 2 aromatic heterocycles. The van der Waals surface area contributed by atoms with Crippen LogP contribution in [0.2, 0.25) is 0 Å². The number of fused-ring (bicyclic) bond motifs is 1. The molecule has 1 aromatic carbocycles. The lowest BCUT2D eigenvalue weighted by Gasteiger charge is -2.38. The third-order valence-electron chi connectivity index (χ3n) is 7.24. The highest BCUT2D eigenvalue weighted by Gasteiger charge is 2.31. The van der Waals surface area contributed by atoms with Gasteiger partial charge in [-0.2, -0.15) is 10.2 Å². The van der Waals surface area contributed by atoms with Crippen LogP contribution in [0.4, 0.5) is 10.5 Å². The van der Waals surface area contributed by atoms with Crippen molar-refractivity contribution < 1.29 is 9.59 Å². The zero-order valence-corrected chi connectivity index (χ0v) is 21.4. The number of urea groups is 1. The SMILES string of the molecule is CCCn1c(=O)c(-c2cccnn2)cn(CC(=O)N2CCC(N3CCc4ccccc4NC3=O)CC2)c1=O. The van der Waals surface area contributed by atoms with Crippen LogP contribution in [0.1, 0.15) is 31.7 Å². The maximum atomic E-state index is 13.2. The van der Waals surface area contributed by atoms with E-state index in [1.807, 2.05) is 36.1 Å². The molecule has 0 saturated carbocycles. The van der Waals surface area contributed by atoms with Gasteiger partial charge in [-0.1, -0.05) is 25.1 Å². The fraction of sp³-hybridized carbons (Fsp3) is 0.407. The number of benzene rings is 1. The van der Waals surface area contributed by atoms with Crippen molar-refractivity contribution in [3.05, 3.63) is 75.2 Å². The molecule has 0 unspecified atom stereocenters. The lowest BCUT2D eigenvalue weighted by Crippen LogP contribution is -2.51. The van der Waals surface area contributed by atoms with Crippen LogP contribution in [0, 0.1) is 0 Å². The van der Waals surface area contributed by atoms with E-state index in [1.165, 1.54) is 17.0 Å². The number of likely N-dealkylation sites (tertiary alicyclic amines) is 1. The second-order valence-electron chi connectivity index (χ2n) is 9.66. The number of para-hydroxylation sites is 1. The number of amides is 3. The maximum absolute atomic E-state index is 13.2. The average molecular weight is 518 g/mol. The molecule has 1 N–H and O–H groups in total. The molecular weight excluding hydrogens is 486 g/mol. The zero-order chi connectivity index (χ0) is 26.6. The van der Waals surface area contributed by atoms with E-state index in [9.17, 15) is 19.2 Å². The van der Waals surface area contributed by atoms with Crippen LogP contribution < -0.4 is 16.6 Å². The monoisotopic (exact) mass is 517 g/mol. The Labute approximate surface area is 219 Å². The number of nitrogens with zero attached hydrogens (tertiary/aromatic N) is 6. The van der Waals surface area contributed by atoms with Gasteiger partial charge in [0.1, 0.15) is 6.54 Å². The topological polar surface area (TPSA) is 122 Å². The summed E-state index contributed by atoms with van der Waals surface area (Å²) in [5.74, 6) is -0.204. The van der Waals surface area contributed by atoms with Gasteiger partial charge in [0.05, 0.1) is 11.3 Å². The van der Waals surface area contributed by atoms with Gasteiger partial charge < -0.3 is 15.1 Å². The van der Waals surface area contributed by atoms with Gasteiger partial charge in [-0.15, -0.1) is 0 Å². The molecular formula is C27H31N7O4. The molecule has 2 aliphatic rings. The predicted octanol–water partition coefficient (Wildman–Crippen LogP) is 1.96. The molecule has 0 radical (unpaired) electrons. The van der Waals surface area contributed by atoms with Crippen LogP contribution in [0.3, 0.4) is 0 Å². The Kier molecular flexibility index (Phi) is 7.34. The van der Waals surface area contributed by atoms with Crippen LogP contribution in [-0.4, -0.2) is 66.7 Å². The number of aromatic nitrogens is 4. The number of carbonyl (C=O) groups excluding carboxylic acids is 2. The Bertz CT molecular complexity index is 1440. The van der Waals surface area contributed by atoms with E-state index in [2.05, 4.69) is 15.5 Å². The first-order valence-electron chi connectivity index (χ1n) is 13.0. The van der Waals surface area contributed by atoms with E-state index < -0.39 is 11.2 Å². The average Bonchev–Trinajstić information content (AvgIpc) is 3.11. The van der Waals surface area contributed by atoms with E-state index in [-0.39, 0.29) is 36.6 Å². The first kappa shape index (κ1) is 25.4. The second-order valence-corrected chi connectivity index (χ2v) is 9.66. The van der Waals surface area contributed by atoms with Gasteiger partial charge in [-0.05, 0) is 49.4 Å². The van der Waals surface area contributed by atoms with Gasteiger partial charge in [0, 0.05) is 50.3 Å². The highest BCUT2D eigenvalue weighted by molar-refractivity contribution is 5.91. The van der Waals surface area contributed by atoms with Gasteiger partial charge in [0.25, 0.3) is 5.56 Å². The Morgan fingerprint density at radius 2 is 1.84 bits per heavy atom. The van der Waals surface area contributed by atoms with E-state index in [1.54, 1.807) is 17.0 Å². The predicted molar refractivity (Wildman–Crippen MR) is 142 cm³/mol. The van der Waals surface area contributed by atoms with Crippen LogP contribution in [0.15, 0.2) is 58.4 Å². The number of hydrogen-bond donors (Lipinski definition) is 1. The molecule has 1 saturated heterocycles. The summed E-state index contributed by atoms with van der Waals surface area (Å²) in [6, 6.07) is 11.1. The minimum Gasteiger partial charge on any atom is -0.341 e. The molecule has 0 aliphatic carbocycles. The van der Waals surface area contributed by atoms with Crippen molar-refractivity contribution >= 4 is 17.6 Å². The molecule has 198 valence electrons. The fourth-order valence-corrected chi connectivity index (χ4v) is 5.22. The molecule has 0 atom stereocenters. The quantitative estimate of drug-likeness (QED) is 0.533. The highest BCUT2D eigenvalue weighted by Crippen LogP contribution is 2.24. The number of anilines is 1. The lowest BCUT2D eigenvalue weighted by molar-refractivity contribution is -0.133. The molecule has 4 heterocycles. The van der Waals surface area contributed by atoms with Crippen molar-refractivity contribution in [1.82, 2.24) is 29.1 Å². The number of piperidine rings is 1. The molecule has 11 nitrogen and oxygen atoms in total. The van der Waals surface area contributed by atoms with E-state index in [0.717, 1.165) is 22.2 Å². The third-order valence-corrected chi connectivity index (χ3v) is 7.24. The summed E-state index contributed by atoms with van der Waals surface area (Å²) < 4.78 is 2.44. The van der Waals surface area contributed by atoms with E-state index >= 15 is 0 Å². The summed E-state index contributed by atoms with van der Waals surface area (Å²) in [6.45, 7) is 3.54. The fourth-order valence-electron chi connectivity index (χ4n) is 5.22. The van der Waals surface area contributed by atoms with Crippen LogP contribution in [0.5, 0.6) is 0 Å². The van der Waals surface area contributed by atoms with Gasteiger partial charge in [-0.25, -0.2) is 9.59 Å². The van der Waals surface area contributed by atoms with Crippen LogP contribution >= 0.6 is 0 Å². The van der Waals surface area contributed by atoms with Gasteiger partial charge in [-0.3, -0.25) is 18.7 Å². The van der Waals surface area contributed by atoms with Crippen LogP contribution in [-0.2, 0) is 24.3 Å². The number of hydrogen-bond acceptors (Lipinski definition) is 6. The molecule has 0 bridgehead atoms. The summed E-state index contributed by atoms with van der Waals surface area (Å²) in [4.78, 5) is 55.8. The summed E-state index contributed by atoms with van der Waals surface area (Å²) in [6.07, 6.45) is 5.60. The third kappa shape index (κ3) is 5.09. The van der Waals surface area contributed by atoms with Gasteiger partial charge in [0.2, 0.25) is 5.91 Å². The first-order chi connectivity index (χ1) is 18.5. The smallest absolute Gasteiger partial charge is 0.331 e. The number of carbonyl (C=O) groups is 2. The Morgan fingerprint density at radius 1 is 1.05 bits per heavy atom. The molecule has 5 rings (SSSR count). The minimum atomic E-state index is -0.520. The first-order valence-corrected chi connectivity index (χ1v) is 13.0. The molecule has 3 aromatic rings. The van der Waals surface area contributed by atoms with Gasteiger partial charge >= 0.3 is 11.7 Å². The van der Waals surface area contributed by atoms with Crippen molar-refractivity contribution in [2.45, 2.75) is 51.7 Å². The molecule has 0 spiro atoms.